The first-order valence-electron chi connectivity index (χ1n) is 7.27. The molecule has 0 saturated carbocycles. The quantitative estimate of drug-likeness (QED) is 0.541. The summed E-state index contributed by atoms with van der Waals surface area (Å²) in [4.78, 5) is 0. The Balaban J connectivity index is 2.65. The van der Waals surface area contributed by atoms with E-state index >= 15 is 0 Å². The molecule has 0 saturated heterocycles. The molecule has 0 amide bonds. The summed E-state index contributed by atoms with van der Waals surface area (Å²) in [5.74, 6) is -0.317. The number of nitrogens with two attached hydrogens (primary N) is 1. The van der Waals surface area contributed by atoms with Crippen molar-refractivity contribution in [2.45, 2.75) is 20.3 Å². The van der Waals surface area contributed by atoms with Gasteiger partial charge in [-0.15, -0.1) is 0 Å². The van der Waals surface area contributed by atoms with E-state index in [-0.39, 0.29) is 5.82 Å². The minimum absolute atomic E-state index is 0.298. The fraction of sp³-hybridized carbons (Fsp3) is 0.375. The first-order chi connectivity index (χ1) is 10.5. The molecule has 0 aliphatic carbocycles. The van der Waals surface area contributed by atoms with Gasteiger partial charge >= 0.3 is 7.60 Å². The lowest BCUT2D eigenvalue weighted by Gasteiger charge is -2.15. The second-order valence-corrected chi connectivity index (χ2v) is 6.68. The van der Waals surface area contributed by atoms with Crippen LogP contribution in [0.3, 0.4) is 0 Å². The zero-order valence-corrected chi connectivity index (χ0v) is 13.9. The van der Waals surface area contributed by atoms with Crippen molar-refractivity contribution in [3.63, 3.8) is 0 Å². The van der Waals surface area contributed by atoms with Gasteiger partial charge in [0.15, 0.2) is 0 Å². The highest BCUT2D eigenvalue weighted by molar-refractivity contribution is 7.53. The number of rotatable bonds is 9. The summed E-state index contributed by atoms with van der Waals surface area (Å²) in [5.41, 5.74) is 6.97. The Morgan fingerprint density at radius 2 is 2.00 bits per heavy atom. The fourth-order valence-corrected chi connectivity index (χ4v) is 3.50. The molecule has 0 bridgehead atoms. The molecule has 22 heavy (non-hydrogen) atoms. The molecule has 4 nitrogen and oxygen atoms in total. The predicted molar refractivity (Wildman–Crippen MR) is 88.0 cm³/mol. The van der Waals surface area contributed by atoms with Crippen LogP contribution in [0.4, 0.5) is 4.39 Å². The molecule has 6 heteroatoms. The van der Waals surface area contributed by atoms with Gasteiger partial charge in [0.05, 0.1) is 19.4 Å². The minimum atomic E-state index is -3.03. The minimum Gasteiger partial charge on any atom is -0.404 e. The molecule has 1 rings (SSSR count). The van der Waals surface area contributed by atoms with Crippen LogP contribution < -0.4 is 5.73 Å². The zero-order valence-electron chi connectivity index (χ0n) is 13.0. The highest BCUT2D eigenvalue weighted by Gasteiger charge is 2.21. The molecule has 0 unspecified atom stereocenters. The number of hydrogen-bond acceptors (Lipinski definition) is 4. The van der Waals surface area contributed by atoms with Crippen molar-refractivity contribution in [3.8, 4) is 0 Å². The number of hydrogen-bond donors (Lipinski definition) is 1. The van der Waals surface area contributed by atoms with E-state index in [0.29, 0.717) is 36.9 Å². The van der Waals surface area contributed by atoms with Gasteiger partial charge in [-0.05, 0) is 43.5 Å². The molecule has 0 spiro atoms. The summed E-state index contributed by atoms with van der Waals surface area (Å²) in [6.45, 7) is 4.25. The van der Waals surface area contributed by atoms with E-state index in [9.17, 15) is 8.96 Å². The monoisotopic (exact) mass is 327 g/mol. The van der Waals surface area contributed by atoms with Crippen LogP contribution in [0.2, 0.25) is 0 Å². The van der Waals surface area contributed by atoms with Crippen LogP contribution in [0, 0.1) is 5.82 Å². The third-order valence-electron chi connectivity index (χ3n) is 2.86. The first kappa shape index (κ1) is 18.6. The van der Waals surface area contributed by atoms with Gasteiger partial charge in [0, 0.05) is 6.20 Å². The lowest BCUT2D eigenvalue weighted by atomic mass is 10.1. The molecule has 0 aromatic heterocycles. The highest BCUT2D eigenvalue weighted by atomic mass is 31.2. The molecule has 0 radical (unpaired) electrons. The molecule has 0 fully saturated rings. The summed E-state index contributed by atoms with van der Waals surface area (Å²) in [5, 5.41) is 0. The summed E-state index contributed by atoms with van der Waals surface area (Å²) in [6, 6.07) is 6.19. The van der Waals surface area contributed by atoms with E-state index in [4.69, 9.17) is 14.8 Å². The topological polar surface area (TPSA) is 61.5 Å². The maximum Gasteiger partial charge on any atom is 0.330 e. The van der Waals surface area contributed by atoms with E-state index < -0.39 is 7.60 Å². The standard InChI is InChI=1S/C16H23FNO3P/c1-3-20-22(19,21-4-2)11-6-5-8-15(13-18)14-9-7-10-16(17)12-14/h5,7-10,12-13H,3-4,6,11,18H2,1-2H3/b8-5-,15-13+. The Morgan fingerprint density at radius 3 is 2.55 bits per heavy atom. The number of allylic oxidation sites excluding steroid dienone is 3. The smallest absolute Gasteiger partial charge is 0.330 e. The Bertz CT molecular complexity index is 562. The van der Waals surface area contributed by atoms with Gasteiger partial charge in [-0.25, -0.2) is 4.39 Å². The SMILES string of the molecule is CCOP(=O)(CC/C=C\C(=C/N)c1cccc(F)c1)OCC. The maximum absolute atomic E-state index is 13.2. The molecular formula is C16H23FNO3P. The summed E-state index contributed by atoms with van der Waals surface area (Å²) in [7, 11) is -3.03. The average Bonchev–Trinajstić information content (AvgIpc) is 2.48. The molecule has 1 aromatic carbocycles. The lowest BCUT2D eigenvalue weighted by Crippen LogP contribution is -1.99. The highest BCUT2D eigenvalue weighted by Crippen LogP contribution is 2.48. The Morgan fingerprint density at radius 1 is 1.32 bits per heavy atom. The summed E-state index contributed by atoms with van der Waals surface area (Å²) < 4.78 is 35.9. The molecule has 0 aliphatic rings. The van der Waals surface area contributed by atoms with Crippen LogP contribution in [0.25, 0.3) is 5.57 Å². The largest absolute Gasteiger partial charge is 0.404 e. The third-order valence-corrected chi connectivity index (χ3v) is 4.97. The van der Waals surface area contributed by atoms with Crippen LogP contribution in [0.1, 0.15) is 25.8 Å². The van der Waals surface area contributed by atoms with Crippen molar-refractivity contribution in [1.82, 2.24) is 0 Å². The average molecular weight is 327 g/mol. The van der Waals surface area contributed by atoms with Gasteiger partial charge in [0.25, 0.3) is 0 Å². The van der Waals surface area contributed by atoms with Crippen LogP contribution in [0.15, 0.2) is 42.6 Å². The van der Waals surface area contributed by atoms with Crippen LogP contribution in [-0.2, 0) is 13.6 Å². The molecule has 122 valence electrons. The van der Waals surface area contributed by atoms with Gasteiger partial charge in [-0.3, -0.25) is 4.57 Å². The Hall–Kier alpha value is -1.42. The van der Waals surface area contributed by atoms with Crippen molar-refractivity contribution in [2.75, 3.05) is 19.4 Å². The van der Waals surface area contributed by atoms with Crippen LogP contribution >= 0.6 is 7.60 Å². The van der Waals surface area contributed by atoms with E-state index in [1.807, 2.05) is 6.08 Å². The van der Waals surface area contributed by atoms with Crippen molar-refractivity contribution in [2.24, 2.45) is 5.73 Å². The summed E-state index contributed by atoms with van der Waals surface area (Å²) >= 11 is 0. The second-order valence-electron chi connectivity index (χ2n) is 4.49. The van der Waals surface area contributed by atoms with Crippen molar-refractivity contribution in [1.29, 1.82) is 0 Å². The van der Waals surface area contributed by atoms with Crippen molar-refractivity contribution in [3.05, 3.63) is 54.0 Å². The fourth-order valence-electron chi connectivity index (χ4n) is 1.92. The molecular weight excluding hydrogens is 304 g/mol. The van der Waals surface area contributed by atoms with E-state index in [0.717, 1.165) is 0 Å². The normalized spacial score (nSPS) is 13.0. The van der Waals surface area contributed by atoms with Crippen molar-refractivity contribution < 1.29 is 18.0 Å². The maximum atomic E-state index is 13.2. The third kappa shape index (κ3) is 6.14. The van der Waals surface area contributed by atoms with E-state index in [1.54, 1.807) is 32.1 Å². The molecule has 0 heterocycles. The zero-order chi connectivity index (χ0) is 16.4. The number of benzene rings is 1. The van der Waals surface area contributed by atoms with Crippen LogP contribution in [-0.4, -0.2) is 19.4 Å². The first-order valence-corrected chi connectivity index (χ1v) is 9.00. The molecule has 2 N–H and O–H groups in total. The lowest BCUT2D eigenvalue weighted by molar-refractivity contribution is 0.220. The van der Waals surface area contributed by atoms with E-state index in [1.165, 1.54) is 18.3 Å². The Labute approximate surface area is 131 Å². The van der Waals surface area contributed by atoms with Gasteiger partial charge in [0.1, 0.15) is 5.82 Å². The van der Waals surface area contributed by atoms with Gasteiger partial charge in [-0.1, -0.05) is 24.3 Å². The van der Waals surface area contributed by atoms with Crippen LogP contribution in [0.5, 0.6) is 0 Å². The molecule has 0 aliphatic heterocycles. The van der Waals surface area contributed by atoms with E-state index in [2.05, 4.69) is 0 Å². The Kier molecular flexibility index (Phi) is 8.10. The molecule has 1 aromatic rings. The van der Waals surface area contributed by atoms with Gasteiger partial charge in [-0.2, -0.15) is 0 Å². The number of halogens is 1. The predicted octanol–water partition coefficient (Wildman–Crippen LogP) is 4.34. The van der Waals surface area contributed by atoms with Gasteiger partial charge in [0.2, 0.25) is 0 Å². The van der Waals surface area contributed by atoms with Gasteiger partial charge < -0.3 is 14.8 Å². The second kappa shape index (κ2) is 9.57. The molecule has 0 atom stereocenters. The summed E-state index contributed by atoms with van der Waals surface area (Å²) in [6.07, 6.45) is 5.83. The van der Waals surface area contributed by atoms with Crippen molar-refractivity contribution >= 4 is 13.2 Å².